The molecule has 0 saturated carbocycles. The Hall–Kier alpha value is -2.66. The zero-order chi connectivity index (χ0) is 21.2. The van der Waals surface area contributed by atoms with Gasteiger partial charge in [-0.05, 0) is 17.7 Å². The number of halogens is 1. The Balaban J connectivity index is 1.40. The van der Waals surface area contributed by atoms with E-state index in [0.29, 0.717) is 38.5 Å². The van der Waals surface area contributed by atoms with Gasteiger partial charge in [0.2, 0.25) is 0 Å². The number of anilines is 1. The number of rotatable bonds is 5. The fourth-order valence-electron chi connectivity index (χ4n) is 4.18. The second-order valence-corrected chi connectivity index (χ2v) is 7.84. The van der Waals surface area contributed by atoms with Gasteiger partial charge in [0, 0.05) is 32.7 Å². The molecule has 2 aromatic heterocycles. The molecular weight excluding hydrogens is 403 g/mol. The van der Waals surface area contributed by atoms with Crippen molar-refractivity contribution in [1.29, 1.82) is 0 Å². The highest BCUT2D eigenvalue weighted by Gasteiger charge is 2.30. The maximum Gasteiger partial charge on any atom is 0.167 e. The summed E-state index contributed by atoms with van der Waals surface area (Å²) in [7, 11) is 0. The molecule has 31 heavy (non-hydrogen) atoms. The van der Waals surface area contributed by atoms with Gasteiger partial charge in [-0.2, -0.15) is 0 Å². The summed E-state index contributed by atoms with van der Waals surface area (Å²) in [6.45, 7) is 4.58. The maximum atomic E-state index is 13.2. The van der Waals surface area contributed by atoms with Gasteiger partial charge in [0.05, 0.1) is 32.3 Å². The summed E-state index contributed by atoms with van der Waals surface area (Å²) in [5.41, 5.74) is 2.43. The molecule has 0 unspecified atom stereocenters. The van der Waals surface area contributed by atoms with Crippen molar-refractivity contribution in [1.82, 2.24) is 24.4 Å². The number of aromatic nitrogens is 4. The summed E-state index contributed by atoms with van der Waals surface area (Å²) in [6, 6.07) is 6.49. The molecule has 2 aliphatic heterocycles. The van der Waals surface area contributed by atoms with Crippen molar-refractivity contribution in [3.63, 3.8) is 0 Å². The van der Waals surface area contributed by atoms with Gasteiger partial charge in [-0.15, -0.1) is 0 Å². The lowest BCUT2D eigenvalue weighted by atomic mass is 10.1. The van der Waals surface area contributed by atoms with Gasteiger partial charge in [0.15, 0.2) is 17.0 Å². The minimum Gasteiger partial charge on any atom is -0.394 e. The van der Waals surface area contributed by atoms with Crippen molar-refractivity contribution < 1.29 is 19.0 Å². The molecule has 2 aliphatic rings. The molecule has 9 nitrogen and oxygen atoms in total. The average Bonchev–Trinajstić information content (AvgIpc) is 3.25. The summed E-state index contributed by atoms with van der Waals surface area (Å²) in [5.74, 6) is 0.544. The second kappa shape index (κ2) is 8.83. The maximum absolute atomic E-state index is 13.2. The Labute approximate surface area is 179 Å². The smallest absolute Gasteiger partial charge is 0.167 e. The number of benzene rings is 1. The zero-order valence-electron chi connectivity index (χ0n) is 17.1. The number of aliphatic hydroxyl groups is 1. The molecule has 2 saturated heterocycles. The van der Waals surface area contributed by atoms with Gasteiger partial charge in [0.1, 0.15) is 18.4 Å². The van der Waals surface area contributed by atoms with Gasteiger partial charge in [-0.25, -0.2) is 19.3 Å². The van der Waals surface area contributed by atoms with E-state index in [1.807, 2.05) is 4.57 Å². The van der Waals surface area contributed by atoms with Crippen LogP contribution in [0.15, 0.2) is 36.9 Å². The molecule has 0 spiro atoms. The Morgan fingerprint density at radius 2 is 1.87 bits per heavy atom. The Morgan fingerprint density at radius 1 is 1.06 bits per heavy atom. The molecule has 2 atom stereocenters. The predicted molar refractivity (Wildman–Crippen MR) is 111 cm³/mol. The van der Waals surface area contributed by atoms with Gasteiger partial charge >= 0.3 is 0 Å². The van der Waals surface area contributed by atoms with Crippen molar-refractivity contribution >= 4 is 17.0 Å². The third kappa shape index (κ3) is 4.24. The summed E-state index contributed by atoms with van der Waals surface area (Å²) in [5, 5.41) is 9.78. The first-order valence-corrected chi connectivity index (χ1v) is 10.4. The number of fused-ring (bicyclic) bond motifs is 1. The standard InChI is InChI=1S/C21H25FN6O3/c22-16-3-1-15(2-4-16)9-26-10-17(12-29)31-18(11-26)28-14-25-19-20(23-13-24-21(19)28)27-5-7-30-8-6-27/h1-4,13-14,17-18,29H,5-12H2/t17-,18+/m0/s1. The number of morpholine rings is 2. The minimum atomic E-state index is -0.358. The van der Waals surface area contributed by atoms with E-state index in [4.69, 9.17) is 9.47 Å². The van der Waals surface area contributed by atoms with Crippen molar-refractivity contribution in [3.8, 4) is 0 Å². The lowest BCUT2D eigenvalue weighted by Gasteiger charge is -2.38. The summed E-state index contributed by atoms with van der Waals surface area (Å²) in [4.78, 5) is 17.9. The van der Waals surface area contributed by atoms with Crippen LogP contribution in [-0.4, -0.2) is 81.6 Å². The molecule has 2 fully saturated rings. The predicted octanol–water partition coefficient (Wildman–Crippen LogP) is 1.19. The molecule has 0 radical (unpaired) electrons. The summed E-state index contributed by atoms with van der Waals surface area (Å²) >= 11 is 0. The van der Waals surface area contributed by atoms with E-state index in [1.54, 1.807) is 24.8 Å². The molecule has 3 aromatic rings. The van der Waals surface area contributed by atoms with E-state index in [2.05, 4.69) is 24.8 Å². The second-order valence-electron chi connectivity index (χ2n) is 7.84. The number of ether oxygens (including phenoxy) is 2. The van der Waals surface area contributed by atoms with Crippen molar-refractivity contribution in [2.45, 2.75) is 18.9 Å². The topological polar surface area (TPSA) is 88.8 Å². The van der Waals surface area contributed by atoms with Gasteiger partial charge in [-0.3, -0.25) is 9.47 Å². The lowest BCUT2D eigenvalue weighted by Crippen LogP contribution is -2.46. The molecule has 1 N–H and O–H groups in total. The highest BCUT2D eigenvalue weighted by Crippen LogP contribution is 2.28. The molecule has 10 heteroatoms. The fraction of sp³-hybridized carbons (Fsp3) is 0.476. The van der Waals surface area contributed by atoms with Crippen molar-refractivity contribution in [3.05, 3.63) is 48.3 Å². The van der Waals surface area contributed by atoms with Crippen LogP contribution in [0.2, 0.25) is 0 Å². The lowest BCUT2D eigenvalue weighted by molar-refractivity contribution is -0.135. The number of hydrogen-bond donors (Lipinski definition) is 1. The Bertz CT molecular complexity index is 1020. The van der Waals surface area contributed by atoms with E-state index in [0.717, 1.165) is 30.0 Å². The van der Waals surface area contributed by atoms with Crippen molar-refractivity contribution in [2.75, 3.05) is 50.9 Å². The molecule has 5 rings (SSSR count). The van der Waals surface area contributed by atoms with Gasteiger partial charge in [0.25, 0.3) is 0 Å². The Kier molecular flexibility index (Phi) is 5.77. The van der Waals surface area contributed by atoms with Crippen LogP contribution in [0.1, 0.15) is 11.8 Å². The first kappa shape index (κ1) is 20.3. The fourth-order valence-corrected chi connectivity index (χ4v) is 4.18. The molecule has 4 heterocycles. The highest BCUT2D eigenvalue weighted by atomic mass is 19.1. The van der Waals surface area contributed by atoms with Crippen LogP contribution >= 0.6 is 0 Å². The largest absolute Gasteiger partial charge is 0.394 e. The summed E-state index contributed by atoms with van der Waals surface area (Å²) < 4.78 is 26.7. The molecule has 0 bridgehead atoms. The molecule has 164 valence electrons. The van der Waals surface area contributed by atoms with E-state index >= 15 is 0 Å². The van der Waals surface area contributed by atoms with Gasteiger partial charge in [-0.1, -0.05) is 12.1 Å². The molecular formula is C21H25FN6O3. The average molecular weight is 428 g/mol. The van der Waals surface area contributed by atoms with Crippen LogP contribution in [0.4, 0.5) is 10.2 Å². The zero-order valence-corrected chi connectivity index (χ0v) is 17.1. The number of imidazole rings is 1. The van der Waals surface area contributed by atoms with Gasteiger partial charge < -0.3 is 19.5 Å². The highest BCUT2D eigenvalue weighted by molar-refractivity contribution is 5.83. The first-order chi connectivity index (χ1) is 15.2. The minimum absolute atomic E-state index is 0.0863. The molecule has 0 amide bonds. The van der Waals surface area contributed by atoms with Crippen LogP contribution < -0.4 is 4.90 Å². The SMILES string of the molecule is OC[C@@H]1CN(Cc2ccc(F)cc2)C[C@H](n2cnc3c(N4CCOCC4)ncnc32)O1. The van der Waals surface area contributed by atoms with E-state index < -0.39 is 0 Å². The monoisotopic (exact) mass is 428 g/mol. The first-order valence-electron chi connectivity index (χ1n) is 10.4. The van der Waals surface area contributed by atoms with E-state index in [9.17, 15) is 9.50 Å². The summed E-state index contributed by atoms with van der Waals surface area (Å²) in [6.07, 6.45) is 2.58. The molecule has 1 aromatic carbocycles. The van der Waals surface area contributed by atoms with Crippen LogP contribution in [0.3, 0.4) is 0 Å². The normalized spacial score (nSPS) is 22.8. The molecule has 0 aliphatic carbocycles. The van der Waals surface area contributed by atoms with Crippen LogP contribution in [0.5, 0.6) is 0 Å². The Morgan fingerprint density at radius 3 is 2.65 bits per heavy atom. The van der Waals surface area contributed by atoms with Crippen molar-refractivity contribution in [2.24, 2.45) is 0 Å². The quantitative estimate of drug-likeness (QED) is 0.649. The van der Waals surface area contributed by atoms with E-state index in [-0.39, 0.29) is 24.8 Å². The van der Waals surface area contributed by atoms with Crippen LogP contribution in [-0.2, 0) is 16.0 Å². The number of nitrogens with zero attached hydrogens (tertiary/aromatic N) is 6. The van der Waals surface area contributed by atoms with E-state index in [1.165, 1.54) is 12.1 Å². The number of hydrogen-bond acceptors (Lipinski definition) is 8. The van der Waals surface area contributed by atoms with Crippen LogP contribution in [0, 0.1) is 5.82 Å². The van der Waals surface area contributed by atoms with Crippen LogP contribution in [0.25, 0.3) is 11.2 Å². The number of aliphatic hydroxyl groups excluding tert-OH is 1. The third-order valence-electron chi connectivity index (χ3n) is 5.71. The third-order valence-corrected chi connectivity index (χ3v) is 5.71.